The zero-order valence-corrected chi connectivity index (χ0v) is 21.5. The third-order valence-corrected chi connectivity index (χ3v) is 6.83. The number of imide groups is 1. The summed E-state index contributed by atoms with van der Waals surface area (Å²) in [5.41, 5.74) is 2.37. The molecule has 0 spiro atoms. The first-order valence-corrected chi connectivity index (χ1v) is 12.4. The first-order chi connectivity index (χ1) is 17.3. The van der Waals surface area contributed by atoms with E-state index < -0.39 is 29.4 Å². The topological polar surface area (TPSA) is 99.5 Å². The van der Waals surface area contributed by atoms with Gasteiger partial charge in [-0.05, 0) is 88.5 Å². The summed E-state index contributed by atoms with van der Waals surface area (Å²) in [7, 11) is 0. The minimum Gasteiger partial charge on any atom is -0.488 e. The molecule has 0 aliphatic carbocycles. The highest BCUT2D eigenvalue weighted by Crippen LogP contribution is 2.33. The summed E-state index contributed by atoms with van der Waals surface area (Å²) in [6.07, 6.45) is 1.58. The van der Waals surface area contributed by atoms with Gasteiger partial charge in [0.05, 0.1) is 20.1 Å². The Kier molecular flexibility index (Phi) is 8.02. The van der Waals surface area contributed by atoms with E-state index >= 15 is 0 Å². The standard InChI is InChI=1S/C26H17FIN3O4S/c27-19-6-8-20(9-7-19)30-24(32)14-31-25(33)23(36-26(31)34)12-16-5-10-22(21(28)11-16)35-15-18-4-2-1-3-17(18)13-29/h1-12H,14-15H2,(H,30,32)/b23-12-. The molecule has 0 atom stereocenters. The number of amides is 3. The van der Waals surface area contributed by atoms with Crippen molar-refractivity contribution in [3.8, 4) is 11.8 Å². The van der Waals surface area contributed by atoms with E-state index in [1.807, 2.05) is 12.1 Å². The number of anilines is 1. The van der Waals surface area contributed by atoms with Crippen molar-refractivity contribution in [2.45, 2.75) is 6.61 Å². The molecule has 3 aromatic carbocycles. The molecule has 4 rings (SSSR count). The lowest BCUT2D eigenvalue weighted by molar-refractivity contribution is -0.127. The SMILES string of the molecule is N#Cc1ccccc1COc1ccc(/C=C2\SC(=O)N(CC(=O)Nc3ccc(F)cc3)C2=O)cc1I. The average molecular weight is 613 g/mol. The Labute approximate surface area is 224 Å². The van der Waals surface area contributed by atoms with Crippen molar-refractivity contribution < 1.29 is 23.5 Å². The molecule has 180 valence electrons. The second-order valence-electron chi connectivity index (χ2n) is 7.57. The zero-order chi connectivity index (χ0) is 25.7. The Balaban J connectivity index is 1.40. The normalized spacial score (nSPS) is 14.1. The van der Waals surface area contributed by atoms with Crippen LogP contribution in [0.4, 0.5) is 14.9 Å². The highest BCUT2D eigenvalue weighted by molar-refractivity contribution is 14.1. The molecule has 1 aliphatic rings. The van der Waals surface area contributed by atoms with E-state index in [0.717, 1.165) is 25.8 Å². The van der Waals surface area contributed by atoms with Crippen LogP contribution in [0.3, 0.4) is 0 Å². The smallest absolute Gasteiger partial charge is 0.294 e. The van der Waals surface area contributed by atoms with Crippen LogP contribution in [-0.2, 0) is 16.2 Å². The Bertz CT molecular complexity index is 1420. The number of nitriles is 1. The molecule has 1 aliphatic heterocycles. The molecule has 0 bridgehead atoms. The summed E-state index contributed by atoms with van der Waals surface area (Å²) in [6, 6.07) is 19.8. The number of halogens is 2. The maximum Gasteiger partial charge on any atom is 0.294 e. The molecule has 3 amide bonds. The number of hydrogen-bond acceptors (Lipinski definition) is 6. The molecule has 7 nitrogen and oxygen atoms in total. The van der Waals surface area contributed by atoms with Gasteiger partial charge in [0.2, 0.25) is 5.91 Å². The molecule has 36 heavy (non-hydrogen) atoms. The van der Waals surface area contributed by atoms with Crippen LogP contribution in [0.5, 0.6) is 5.75 Å². The lowest BCUT2D eigenvalue weighted by Crippen LogP contribution is -2.36. The number of nitrogens with zero attached hydrogens (tertiary/aromatic N) is 2. The summed E-state index contributed by atoms with van der Waals surface area (Å²) >= 11 is 2.86. The van der Waals surface area contributed by atoms with Crippen molar-refractivity contribution in [1.29, 1.82) is 5.26 Å². The van der Waals surface area contributed by atoms with Crippen LogP contribution < -0.4 is 10.1 Å². The maximum atomic E-state index is 13.0. The van der Waals surface area contributed by atoms with Gasteiger partial charge in [0.15, 0.2) is 0 Å². The number of carbonyl (C=O) groups is 3. The lowest BCUT2D eigenvalue weighted by Gasteiger charge is -2.12. The second-order valence-corrected chi connectivity index (χ2v) is 9.73. The maximum absolute atomic E-state index is 13.0. The van der Waals surface area contributed by atoms with E-state index in [4.69, 9.17) is 4.74 Å². The Morgan fingerprint density at radius 3 is 2.61 bits per heavy atom. The Hall–Kier alpha value is -3.69. The Morgan fingerprint density at radius 1 is 1.14 bits per heavy atom. The van der Waals surface area contributed by atoms with Crippen LogP contribution in [0.1, 0.15) is 16.7 Å². The third kappa shape index (κ3) is 6.10. The van der Waals surface area contributed by atoms with Gasteiger partial charge in [0, 0.05) is 11.3 Å². The fraction of sp³-hybridized carbons (Fsp3) is 0.0769. The number of rotatable bonds is 7. The minimum absolute atomic E-state index is 0.196. The van der Waals surface area contributed by atoms with Crippen molar-refractivity contribution in [2.24, 2.45) is 0 Å². The fourth-order valence-corrected chi connectivity index (χ4v) is 4.83. The van der Waals surface area contributed by atoms with Crippen LogP contribution in [0.15, 0.2) is 71.6 Å². The highest BCUT2D eigenvalue weighted by Gasteiger charge is 2.36. The van der Waals surface area contributed by atoms with Crippen molar-refractivity contribution in [2.75, 3.05) is 11.9 Å². The van der Waals surface area contributed by atoms with Crippen LogP contribution >= 0.6 is 34.4 Å². The number of thioether (sulfide) groups is 1. The third-order valence-electron chi connectivity index (χ3n) is 5.08. The molecule has 1 fully saturated rings. The average Bonchev–Trinajstić information content (AvgIpc) is 3.12. The fourth-order valence-electron chi connectivity index (χ4n) is 3.30. The molecule has 0 aromatic heterocycles. The van der Waals surface area contributed by atoms with Crippen molar-refractivity contribution in [3.63, 3.8) is 0 Å². The number of benzene rings is 3. The van der Waals surface area contributed by atoms with E-state index in [0.29, 0.717) is 22.6 Å². The van der Waals surface area contributed by atoms with Gasteiger partial charge in [-0.15, -0.1) is 0 Å². The van der Waals surface area contributed by atoms with E-state index in [1.54, 1.807) is 36.4 Å². The molecule has 3 aromatic rings. The molecule has 0 radical (unpaired) electrons. The van der Waals surface area contributed by atoms with Crippen LogP contribution in [0.2, 0.25) is 0 Å². The predicted molar refractivity (Wildman–Crippen MR) is 142 cm³/mol. The predicted octanol–water partition coefficient (Wildman–Crippen LogP) is 5.56. The van der Waals surface area contributed by atoms with Crippen molar-refractivity contribution in [3.05, 3.63) is 97.7 Å². The first kappa shape index (κ1) is 25.4. The molecule has 1 heterocycles. The summed E-state index contributed by atoms with van der Waals surface area (Å²) in [4.78, 5) is 38.5. The second kappa shape index (κ2) is 11.4. The van der Waals surface area contributed by atoms with Gasteiger partial charge in [-0.25, -0.2) is 4.39 Å². The van der Waals surface area contributed by atoms with Gasteiger partial charge in [-0.3, -0.25) is 19.3 Å². The Morgan fingerprint density at radius 2 is 1.89 bits per heavy atom. The van der Waals surface area contributed by atoms with Gasteiger partial charge in [-0.2, -0.15) is 5.26 Å². The van der Waals surface area contributed by atoms with Crippen LogP contribution in [-0.4, -0.2) is 28.5 Å². The van der Waals surface area contributed by atoms with E-state index in [2.05, 4.69) is 34.0 Å². The van der Waals surface area contributed by atoms with Gasteiger partial charge >= 0.3 is 0 Å². The van der Waals surface area contributed by atoms with Gasteiger partial charge in [0.25, 0.3) is 11.1 Å². The van der Waals surface area contributed by atoms with E-state index in [-0.39, 0.29) is 11.5 Å². The summed E-state index contributed by atoms with van der Waals surface area (Å²) in [5.74, 6) is -0.962. The highest BCUT2D eigenvalue weighted by atomic mass is 127. The van der Waals surface area contributed by atoms with E-state index in [1.165, 1.54) is 24.3 Å². The molecule has 1 N–H and O–H groups in total. The number of hydrogen-bond donors (Lipinski definition) is 1. The van der Waals surface area contributed by atoms with Gasteiger partial charge < -0.3 is 10.1 Å². The molecular weight excluding hydrogens is 596 g/mol. The molecule has 0 unspecified atom stereocenters. The molecule has 0 saturated carbocycles. The van der Waals surface area contributed by atoms with Crippen LogP contribution in [0, 0.1) is 20.7 Å². The lowest BCUT2D eigenvalue weighted by atomic mass is 10.1. The largest absolute Gasteiger partial charge is 0.488 e. The van der Waals surface area contributed by atoms with Crippen LogP contribution in [0.25, 0.3) is 6.08 Å². The van der Waals surface area contributed by atoms with Crippen molar-refractivity contribution >= 4 is 63.2 Å². The molecular formula is C26H17FIN3O4S. The van der Waals surface area contributed by atoms with Gasteiger partial charge in [-0.1, -0.05) is 24.3 Å². The van der Waals surface area contributed by atoms with E-state index in [9.17, 15) is 24.0 Å². The monoisotopic (exact) mass is 613 g/mol. The summed E-state index contributed by atoms with van der Waals surface area (Å²) in [5, 5.41) is 11.2. The summed E-state index contributed by atoms with van der Waals surface area (Å²) < 4.78 is 19.7. The van der Waals surface area contributed by atoms with Crippen molar-refractivity contribution in [1.82, 2.24) is 4.90 Å². The molecule has 1 saturated heterocycles. The quantitative estimate of drug-likeness (QED) is 0.277. The van der Waals surface area contributed by atoms with Gasteiger partial charge in [0.1, 0.15) is 24.7 Å². The number of nitrogens with one attached hydrogen (secondary N) is 1. The number of ether oxygens (including phenoxy) is 1. The minimum atomic E-state index is -0.570. The molecule has 10 heteroatoms. The zero-order valence-electron chi connectivity index (χ0n) is 18.5. The summed E-state index contributed by atoms with van der Waals surface area (Å²) in [6.45, 7) is -0.216. The number of carbonyl (C=O) groups excluding carboxylic acids is 3. The first-order valence-electron chi connectivity index (χ1n) is 10.5.